The lowest BCUT2D eigenvalue weighted by Gasteiger charge is -2.28. The number of hydrogen-bond acceptors (Lipinski definition) is 4. The fourth-order valence-corrected chi connectivity index (χ4v) is 3.01. The van der Waals surface area contributed by atoms with E-state index >= 15 is 0 Å². The second-order valence-electron chi connectivity index (χ2n) is 3.18. The Morgan fingerprint density at radius 3 is 2.92 bits per heavy atom. The Morgan fingerprint density at radius 2 is 2.50 bits per heavy atom. The molecule has 3 nitrogen and oxygen atoms in total. The van der Waals surface area contributed by atoms with Crippen LogP contribution in [0.1, 0.15) is 6.42 Å². The molecule has 0 aromatic rings. The maximum atomic E-state index is 11.0. The molecule has 1 spiro atoms. The molecule has 12 heavy (non-hydrogen) atoms. The minimum Gasteiger partial charge on any atom is -0.463 e. The predicted molar refractivity (Wildman–Crippen MR) is 51.1 cm³/mol. The highest BCUT2D eigenvalue weighted by molar-refractivity contribution is 8.23. The first-order valence-corrected chi connectivity index (χ1v) is 5.10. The summed E-state index contributed by atoms with van der Waals surface area (Å²) in [5.74, 6) is 0.779. The van der Waals surface area contributed by atoms with E-state index in [9.17, 15) is 4.79 Å². The lowest BCUT2D eigenvalue weighted by Crippen LogP contribution is -2.45. The molecular weight excluding hydrogens is 194 g/mol. The Balaban J connectivity index is 2.22. The molecule has 0 aromatic carbocycles. The van der Waals surface area contributed by atoms with Gasteiger partial charge in [0.15, 0.2) is 0 Å². The molecular formula is C7H9NO2S2. The monoisotopic (exact) mass is 203 g/mol. The van der Waals surface area contributed by atoms with Crippen LogP contribution in [0.25, 0.3) is 0 Å². The first kappa shape index (κ1) is 8.31. The number of carbonyl (C=O) groups is 1. The molecule has 2 heterocycles. The molecule has 2 rings (SSSR count). The van der Waals surface area contributed by atoms with Gasteiger partial charge in [-0.2, -0.15) is 0 Å². The molecule has 66 valence electrons. The van der Waals surface area contributed by atoms with Crippen LogP contribution >= 0.6 is 24.0 Å². The van der Waals surface area contributed by atoms with Gasteiger partial charge in [0.2, 0.25) is 0 Å². The number of carbonyl (C=O) groups excluding carboxylic acids is 1. The van der Waals surface area contributed by atoms with Crippen molar-refractivity contribution in [2.75, 3.05) is 19.4 Å². The van der Waals surface area contributed by atoms with Gasteiger partial charge in [-0.1, -0.05) is 24.0 Å². The predicted octanol–water partition coefficient (Wildman–Crippen LogP) is 0.636. The first-order chi connectivity index (χ1) is 5.64. The molecule has 0 aliphatic carbocycles. The van der Waals surface area contributed by atoms with Gasteiger partial charge < -0.3 is 9.64 Å². The average molecular weight is 203 g/mol. The summed E-state index contributed by atoms with van der Waals surface area (Å²) in [4.78, 5) is 13.0. The number of thiocarbonyl (C=S) groups is 1. The molecule has 2 fully saturated rings. The van der Waals surface area contributed by atoms with Crippen LogP contribution in [-0.4, -0.2) is 40.1 Å². The molecule has 0 aromatic heterocycles. The van der Waals surface area contributed by atoms with Crippen LogP contribution in [0, 0.1) is 0 Å². The zero-order valence-electron chi connectivity index (χ0n) is 6.70. The van der Waals surface area contributed by atoms with Crippen molar-refractivity contribution in [3.8, 4) is 0 Å². The summed E-state index contributed by atoms with van der Waals surface area (Å²) < 4.78 is 5.82. The number of likely N-dealkylation sites (N-methyl/N-ethyl adjacent to an activating group) is 1. The minimum atomic E-state index is -0.126. The van der Waals surface area contributed by atoms with Crippen LogP contribution < -0.4 is 0 Å². The summed E-state index contributed by atoms with van der Waals surface area (Å²) in [6, 6.07) is 0. The van der Waals surface area contributed by atoms with Crippen molar-refractivity contribution >= 4 is 34.3 Å². The molecule has 1 atom stereocenters. The third-order valence-corrected chi connectivity index (χ3v) is 4.25. The van der Waals surface area contributed by atoms with Gasteiger partial charge in [0.1, 0.15) is 10.9 Å². The molecule has 0 amide bonds. The Bertz CT molecular complexity index is 252. The highest BCUT2D eigenvalue weighted by atomic mass is 32.2. The molecule has 5 heteroatoms. The summed E-state index contributed by atoms with van der Waals surface area (Å²) in [6.45, 7) is 0.496. The topological polar surface area (TPSA) is 29.5 Å². The highest BCUT2D eigenvalue weighted by Gasteiger charge is 2.48. The van der Waals surface area contributed by atoms with Gasteiger partial charge in [-0.15, -0.1) is 0 Å². The van der Waals surface area contributed by atoms with E-state index in [1.54, 1.807) is 11.8 Å². The van der Waals surface area contributed by atoms with Crippen LogP contribution in [0.4, 0.5) is 0 Å². The van der Waals surface area contributed by atoms with Crippen molar-refractivity contribution in [2.45, 2.75) is 12.0 Å². The molecule has 0 radical (unpaired) electrons. The SMILES string of the molecule is CN1C(=S)SCC12COC(=O)C2. The van der Waals surface area contributed by atoms with Crippen molar-refractivity contribution < 1.29 is 9.53 Å². The fourth-order valence-electron chi connectivity index (χ4n) is 1.48. The number of hydrogen-bond donors (Lipinski definition) is 0. The van der Waals surface area contributed by atoms with E-state index < -0.39 is 0 Å². The summed E-state index contributed by atoms with van der Waals surface area (Å²) in [5, 5.41) is 0. The Hall–Kier alpha value is -0.290. The number of cyclic esters (lactones) is 1. The molecule has 2 aliphatic heterocycles. The van der Waals surface area contributed by atoms with E-state index in [1.165, 1.54) is 0 Å². The zero-order valence-corrected chi connectivity index (χ0v) is 8.33. The standard InChI is InChI=1S/C7H9NO2S2/c1-8-6(11)12-4-7(8)2-5(9)10-3-7/h2-4H2,1H3. The largest absolute Gasteiger partial charge is 0.463 e. The van der Waals surface area contributed by atoms with E-state index in [4.69, 9.17) is 17.0 Å². The molecule has 0 saturated carbocycles. The minimum absolute atomic E-state index is 0.104. The molecule has 1 unspecified atom stereocenters. The molecule has 0 bridgehead atoms. The number of rotatable bonds is 0. The van der Waals surface area contributed by atoms with Crippen molar-refractivity contribution in [2.24, 2.45) is 0 Å². The van der Waals surface area contributed by atoms with Gasteiger partial charge >= 0.3 is 5.97 Å². The lowest BCUT2D eigenvalue weighted by molar-refractivity contribution is -0.137. The van der Waals surface area contributed by atoms with E-state index in [-0.39, 0.29) is 11.5 Å². The van der Waals surface area contributed by atoms with Crippen LogP contribution in [0.15, 0.2) is 0 Å². The van der Waals surface area contributed by atoms with Crippen LogP contribution in [0.3, 0.4) is 0 Å². The Labute approximate surface area is 80.4 Å². The number of thioether (sulfide) groups is 1. The maximum Gasteiger partial charge on any atom is 0.308 e. The van der Waals surface area contributed by atoms with E-state index in [2.05, 4.69) is 0 Å². The van der Waals surface area contributed by atoms with E-state index in [1.807, 2.05) is 11.9 Å². The van der Waals surface area contributed by atoms with Crippen LogP contribution in [0.2, 0.25) is 0 Å². The second kappa shape index (κ2) is 2.60. The number of esters is 1. The summed E-state index contributed by atoms with van der Waals surface area (Å²) >= 11 is 6.74. The van der Waals surface area contributed by atoms with Crippen LogP contribution in [0.5, 0.6) is 0 Å². The van der Waals surface area contributed by atoms with E-state index in [0.717, 1.165) is 10.1 Å². The van der Waals surface area contributed by atoms with Crippen LogP contribution in [-0.2, 0) is 9.53 Å². The van der Waals surface area contributed by atoms with Gasteiger partial charge in [-0.3, -0.25) is 4.79 Å². The average Bonchev–Trinajstić information content (AvgIpc) is 2.53. The summed E-state index contributed by atoms with van der Waals surface area (Å²) in [7, 11) is 1.93. The second-order valence-corrected chi connectivity index (χ2v) is 4.78. The smallest absolute Gasteiger partial charge is 0.308 e. The van der Waals surface area contributed by atoms with Crippen molar-refractivity contribution in [3.63, 3.8) is 0 Å². The maximum absolute atomic E-state index is 11.0. The number of ether oxygens (including phenoxy) is 1. The molecule has 2 saturated heterocycles. The van der Waals surface area contributed by atoms with Crippen molar-refractivity contribution in [1.82, 2.24) is 4.90 Å². The number of nitrogens with zero attached hydrogens (tertiary/aromatic N) is 1. The highest BCUT2D eigenvalue weighted by Crippen LogP contribution is 2.37. The quantitative estimate of drug-likeness (QED) is 0.426. The third kappa shape index (κ3) is 1.03. The summed E-state index contributed by atoms with van der Waals surface area (Å²) in [5.41, 5.74) is -0.126. The Kier molecular flexibility index (Phi) is 1.80. The van der Waals surface area contributed by atoms with Crippen molar-refractivity contribution in [1.29, 1.82) is 0 Å². The van der Waals surface area contributed by atoms with Gasteiger partial charge in [-0.25, -0.2) is 0 Å². The van der Waals surface area contributed by atoms with Gasteiger partial charge in [0.25, 0.3) is 0 Å². The van der Waals surface area contributed by atoms with Crippen molar-refractivity contribution in [3.05, 3.63) is 0 Å². The summed E-state index contributed by atoms with van der Waals surface area (Å²) in [6.07, 6.45) is 0.483. The fraction of sp³-hybridized carbons (Fsp3) is 0.714. The first-order valence-electron chi connectivity index (χ1n) is 3.70. The zero-order chi connectivity index (χ0) is 8.77. The Morgan fingerprint density at radius 1 is 1.75 bits per heavy atom. The third-order valence-electron chi connectivity index (χ3n) is 2.42. The van der Waals surface area contributed by atoms with Gasteiger partial charge in [0.05, 0.1) is 12.0 Å². The van der Waals surface area contributed by atoms with Gasteiger partial charge in [0, 0.05) is 12.8 Å². The van der Waals surface area contributed by atoms with Gasteiger partial charge in [-0.05, 0) is 0 Å². The molecule has 0 N–H and O–H groups in total. The van der Waals surface area contributed by atoms with E-state index in [0.29, 0.717) is 13.0 Å². The molecule has 2 aliphatic rings. The normalized spacial score (nSPS) is 34.9. The lowest BCUT2D eigenvalue weighted by atomic mass is 10.0.